The van der Waals surface area contributed by atoms with Gasteiger partial charge in [0, 0.05) is 16.8 Å². The van der Waals surface area contributed by atoms with E-state index in [9.17, 15) is 9.59 Å². The number of amides is 2. The van der Waals surface area contributed by atoms with Crippen molar-refractivity contribution < 1.29 is 19.1 Å². The SMILES string of the molecule is C/C(=N\NC(=O)c1ccc2c(c1)OCO2)c1ccc(NC(=O)c2ccccc2)cc1. The van der Waals surface area contributed by atoms with Gasteiger partial charge in [0.15, 0.2) is 11.5 Å². The molecule has 0 atom stereocenters. The molecule has 0 aromatic heterocycles. The van der Waals surface area contributed by atoms with E-state index in [1.807, 2.05) is 30.3 Å². The van der Waals surface area contributed by atoms with Gasteiger partial charge in [-0.3, -0.25) is 9.59 Å². The van der Waals surface area contributed by atoms with Gasteiger partial charge < -0.3 is 14.8 Å². The Labute approximate surface area is 173 Å². The summed E-state index contributed by atoms with van der Waals surface area (Å²) in [4.78, 5) is 24.5. The first-order valence-electron chi connectivity index (χ1n) is 9.31. The first-order valence-corrected chi connectivity index (χ1v) is 9.31. The maximum atomic E-state index is 12.3. The highest BCUT2D eigenvalue weighted by molar-refractivity contribution is 6.05. The predicted molar refractivity (Wildman–Crippen MR) is 113 cm³/mol. The fourth-order valence-electron chi connectivity index (χ4n) is 2.89. The van der Waals surface area contributed by atoms with Crippen molar-refractivity contribution in [3.63, 3.8) is 0 Å². The van der Waals surface area contributed by atoms with Crippen LogP contribution in [0.3, 0.4) is 0 Å². The summed E-state index contributed by atoms with van der Waals surface area (Å²) in [5.41, 5.74) is 5.67. The Morgan fingerprint density at radius 2 is 1.50 bits per heavy atom. The van der Waals surface area contributed by atoms with Crippen molar-refractivity contribution in [3.05, 3.63) is 89.5 Å². The summed E-state index contributed by atoms with van der Waals surface area (Å²) in [5.74, 6) is 0.631. The molecular weight excluding hydrogens is 382 g/mol. The maximum Gasteiger partial charge on any atom is 0.271 e. The number of hydrogen-bond donors (Lipinski definition) is 2. The minimum Gasteiger partial charge on any atom is -0.454 e. The van der Waals surface area contributed by atoms with Crippen LogP contribution in [0.2, 0.25) is 0 Å². The smallest absolute Gasteiger partial charge is 0.271 e. The van der Waals surface area contributed by atoms with Crippen molar-refractivity contribution in [1.82, 2.24) is 5.43 Å². The average Bonchev–Trinajstić information content (AvgIpc) is 3.26. The van der Waals surface area contributed by atoms with E-state index in [-0.39, 0.29) is 18.6 Å². The molecule has 0 bridgehead atoms. The fraction of sp³-hybridized carbons (Fsp3) is 0.0870. The van der Waals surface area contributed by atoms with Gasteiger partial charge in [-0.2, -0.15) is 5.10 Å². The largest absolute Gasteiger partial charge is 0.454 e. The van der Waals surface area contributed by atoms with Gasteiger partial charge in [-0.1, -0.05) is 30.3 Å². The molecule has 3 aromatic carbocycles. The number of fused-ring (bicyclic) bond motifs is 1. The Morgan fingerprint density at radius 3 is 2.27 bits per heavy atom. The third-order valence-corrected chi connectivity index (χ3v) is 4.56. The molecule has 30 heavy (non-hydrogen) atoms. The van der Waals surface area contributed by atoms with Crippen LogP contribution in [0.25, 0.3) is 0 Å². The van der Waals surface area contributed by atoms with Crippen molar-refractivity contribution in [3.8, 4) is 11.5 Å². The van der Waals surface area contributed by atoms with Crippen molar-refractivity contribution in [2.45, 2.75) is 6.92 Å². The normalized spacial score (nSPS) is 12.4. The zero-order chi connectivity index (χ0) is 20.9. The van der Waals surface area contributed by atoms with Crippen molar-refractivity contribution in [2.75, 3.05) is 12.1 Å². The molecule has 0 radical (unpaired) electrons. The standard InChI is InChI=1S/C23H19N3O4/c1-15(25-26-23(28)18-9-12-20-21(13-18)30-14-29-20)16-7-10-19(11-8-16)24-22(27)17-5-3-2-4-6-17/h2-13H,14H2,1H3,(H,24,27)(H,26,28)/b25-15+. The van der Waals surface area contributed by atoms with Crippen LogP contribution in [0.4, 0.5) is 5.69 Å². The van der Waals surface area contributed by atoms with Crippen LogP contribution in [0.5, 0.6) is 11.5 Å². The lowest BCUT2D eigenvalue weighted by Crippen LogP contribution is -2.19. The van der Waals surface area contributed by atoms with Gasteiger partial charge in [-0.15, -0.1) is 0 Å². The highest BCUT2D eigenvalue weighted by Crippen LogP contribution is 2.32. The molecule has 150 valence electrons. The predicted octanol–water partition coefficient (Wildman–Crippen LogP) is 3.82. The number of anilines is 1. The molecule has 4 rings (SSSR count). The minimum atomic E-state index is -0.348. The first kappa shape index (κ1) is 19.2. The van der Waals surface area contributed by atoms with Crippen LogP contribution in [0, 0.1) is 0 Å². The quantitative estimate of drug-likeness (QED) is 0.502. The summed E-state index contributed by atoms with van der Waals surface area (Å²) in [5, 5.41) is 7.01. The van der Waals surface area contributed by atoms with Gasteiger partial charge in [0.25, 0.3) is 11.8 Å². The van der Waals surface area contributed by atoms with E-state index in [0.29, 0.717) is 34.0 Å². The number of ether oxygens (including phenoxy) is 2. The molecule has 1 aliphatic heterocycles. The van der Waals surface area contributed by atoms with Crippen LogP contribution in [-0.4, -0.2) is 24.3 Å². The van der Waals surface area contributed by atoms with Crippen molar-refractivity contribution in [1.29, 1.82) is 0 Å². The maximum absolute atomic E-state index is 12.3. The molecule has 7 heteroatoms. The van der Waals surface area contributed by atoms with Crippen LogP contribution in [0.1, 0.15) is 33.2 Å². The Bertz CT molecular complexity index is 1110. The lowest BCUT2D eigenvalue weighted by molar-refractivity contribution is 0.0953. The van der Waals surface area contributed by atoms with Crippen LogP contribution in [-0.2, 0) is 0 Å². The van der Waals surface area contributed by atoms with Gasteiger partial charge in [0.2, 0.25) is 6.79 Å². The number of nitrogens with zero attached hydrogens (tertiary/aromatic N) is 1. The summed E-state index contributed by atoms with van der Waals surface area (Å²) < 4.78 is 10.5. The number of nitrogens with one attached hydrogen (secondary N) is 2. The lowest BCUT2D eigenvalue weighted by atomic mass is 10.1. The Morgan fingerprint density at radius 1 is 0.800 bits per heavy atom. The first-order chi connectivity index (χ1) is 14.6. The van der Waals surface area contributed by atoms with Crippen LogP contribution < -0.4 is 20.2 Å². The topological polar surface area (TPSA) is 89.0 Å². The van der Waals surface area contributed by atoms with Gasteiger partial charge in [-0.05, 0) is 55.0 Å². The molecule has 1 aliphatic rings. The molecule has 3 aromatic rings. The summed E-state index contributed by atoms with van der Waals surface area (Å²) in [7, 11) is 0. The highest BCUT2D eigenvalue weighted by atomic mass is 16.7. The number of rotatable bonds is 5. The van der Waals surface area contributed by atoms with Gasteiger partial charge in [-0.25, -0.2) is 5.43 Å². The summed E-state index contributed by atoms with van der Waals surface area (Å²) in [6.07, 6.45) is 0. The number of hydrazone groups is 1. The van der Waals surface area contributed by atoms with Gasteiger partial charge in [0.05, 0.1) is 5.71 Å². The number of hydrogen-bond acceptors (Lipinski definition) is 5. The molecule has 2 amide bonds. The molecule has 0 saturated heterocycles. The molecule has 0 unspecified atom stereocenters. The molecule has 1 heterocycles. The van der Waals surface area contributed by atoms with Crippen LogP contribution in [0.15, 0.2) is 77.9 Å². The molecule has 0 saturated carbocycles. The van der Waals surface area contributed by atoms with E-state index in [4.69, 9.17) is 9.47 Å². The second-order valence-electron chi connectivity index (χ2n) is 6.60. The molecular formula is C23H19N3O4. The Balaban J connectivity index is 1.38. The monoisotopic (exact) mass is 401 g/mol. The van der Waals surface area contributed by atoms with E-state index in [0.717, 1.165) is 5.56 Å². The zero-order valence-corrected chi connectivity index (χ0v) is 16.2. The van der Waals surface area contributed by atoms with E-state index < -0.39 is 0 Å². The molecule has 0 fully saturated rings. The number of carbonyl (C=O) groups excluding carboxylic acids is 2. The van der Waals surface area contributed by atoms with E-state index in [2.05, 4.69) is 15.8 Å². The highest BCUT2D eigenvalue weighted by Gasteiger charge is 2.16. The molecule has 0 aliphatic carbocycles. The van der Waals surface area contributed by atoms with Crippen LogP contribution >= 0.6 is 0 Å². The van der Waals surface area contributed by atoms with E-state index >= 15 is 0 Å². The minimum absolute atomic E-state index is 0.152. The fourth-order valence-corrected chi connectivity index (χ4v) is 2.89. The van der Waals surface area contributed by atoms with Gasteiger partial charge >= 0.3 is 0 Å². The molecule has 7 nitrogen and oxygen atoms in total. The van der Waals surface area contributed by atoms with Crippen molar-refractivity contribution in [2.24, 2.45) is 5.10 Å². The lowest BCUT2D eigenvalue weighted by Gasteiger charge is -2.07. The molecule has 2 N–H and O–H groups in total. The Kier molecular flexibility index (Phi) is 5.43. The van der Waals surface area contributed by atoms with Crippen molar-refractivity contribution >= 4 is 23.2 Å². The van der Waals surface area contributed by atoms with E-state index in [1.54, 1.807) is 49.4 Å². The van der Waals surface area contributed by atoms with Gasteiger partial charge in [0.1, 0.15) is 0 Å². The number of carbonyl (C=O) groups is 2. The summed E-state index contributed by atoms with van der Waals surface area (Å²) in [6, 6.07) is 21.2. The second-order valence-corrected chi connectivity index (χ2v) is 6.60. The summed E-state index contributed by atoms with van der Waals surface area (Å²) >= 11 is 0. The molecule has 0 spiro atoms. The third-order valence-electron chi connectivity index (χ3n) is 4.56. The Hall–Kier alpha value is -4.13. The second kappa shape index (κ2) is 8.48. The summed E-state index contributed by atoms with van der Waals surface area (Å²) in [6.45, 7) is 1.94. The number of benzene rings is 3. The zero-order valence-electron chi connectivity index (χ0n) is 16.2. The van der Waals surface area contributed by atoms with E-state index in [1.165, 1.54) is 0 Å². The third kappa shape index (κ3) is 4.30. The average molecular weight is 401 g/mol.